The molecule has 0 saturated heterocycles. The standard InChI is InChI=1S/C13H15NS2/c1-2-13-14-12(10-16-13)9-15-8-11-6-4-3-5-7-11/h3-7,10H,2,8-9H2,1H3. The molecule has 3 heteroatoms. The molecule has 1 aromatic heterocycles. The van der Waals surface area contributed by atoms with Crippen molar-refractivity contribution in [2.24, 2.45) is 0 Å². The van der Waals surface area contributed by atoms with E-state index in [1.807, 2.05) is 11.8 Å². The first kappa shape index (κ1) is 11.7. The maximum absolute atomic E-state index is 4.56. The topological polar surface area (TPSA) is 12.9 Å². The second kappa shape index (κ2) is 6.06. The third-order valence-electron chi connectivity index (χ3n) is 2.26. The SMILES string of the molecule is CCc1nc(CSCc2ccccc2)cs1. The first-order chi connectivity index (χ1) is 7.88. The average Bonchev–Trinajstić information content (AvgIpc) is 2.78. The van der Waals surface area contributed by atoms with Gasteiger partial charge in [0.05, 0.1) is 10.7 Å². The number of rotatable bonds is 5. The summed E-state index contributed by atoms with van der Waals surface area (Å²) in [5.74, 6) is 2.09. The molecule has 16 heavy (non-hydrogen) atoms. The molecule has 0 radical (unpaired) electrons. The Bertz CT molecular complexity index is 423. The van der Waals surface area contributed by atoms with E-state index in [2.05, 4.69) is 47.6 Å². The molecule has 0 spiro atoms. The largest absolute Gasteiger partial charge is 0.245 e. The molecule has 0 saturated carbocycles. The van der Waals surface area contributed by atoms with Gasteiger partial charge in [-0.25, -0.2) is 4.98 Å². The third kappa shape index (κ3) is 3.35. The molecule has 0 bridgehead atoms. The molecule has 2 aromatic rings. The number of hydrogen-bond donors (Lipinski definition) is 0. The van der Waals surface area contributed by atoms with Gasteiger partial charge in [0, 0.05) is 16.9 Å². The van der Waals surface area contributed by atoms with Gasteiger partial charge in [-0.1, -0.05) is 37.3 Å². The highest BCUT2D eigenvalue weighted by atomic mass is 32.2. The van der Waals surface area contributed by atoms with E-state index >= 15 is 0 Å². The van der Waals surface area contributed by atoms with Crippen molar-refractivity contribution in [2.45, 2.75) is 24.9 Å². The summed E-state index contributed by atoms with van der Waals surface area (Å²) >= 11 is 3.70. The molecule has 0 atom stereocenters. The van der Waals surface area contributed by atoms with Crippen molar-refractivity contribution in [3.8, 4) is 0 Å². The van der Waals surface area contributed by atoms with Gasteiger partial charge in [-0.05, 0) is 12.0 Å². The van der Waals surface area contributed by atoms with Crippen LogP contribution in [0.5, 0.6) is 0 Å². The summed E-state index contributed by atoms with van der Waals surface area (Å²) in [6.07, 6.45) is 1.05. The maximum Gasteiger partial charge on any atom is 0.0925 e. The quantitative estimate of drug-likeness (QED) is 0.790. The smallest absolute Gasteiger partial charge is 0.0925 e. The predicted molar refractivity (Wildman–Crippen MR) is 72.9 cm³/mol. The van der Waals surface area contributed by atoms with Crippen LogP contribution in [0.4, 0.5) is 0 Å². The molecule has 1 aromatic carbocycles. The molecule has 1 heterocycles. The van der Waals surface area contributed by atoms with Crippen molar-refractivity contribution in [3.63, 3.8) is 0 Å². The van der Waals surface area contributed by atoms with E-state index in [1.54, 1.807) is 11.3 Å². The number of aryl methyl sites for hydroxylation is 1. The van der Waals surface area contributed by atoms with E-state index in [4.69, 9.17) is 0 Å². The fourth-order valence-electron chi connectivity index (χ4n) is 1.43. The number of benzene rings is 1. The van der Waals surface area contributed by atoms with Gasteiger partial charge < -0.3 is 0 Å². The van der Waals surface area contributed by atoms with Crippen LogP contribution in [-0.4, -0.2) is 4.98 Å². The monoisotopic (exact) mass is 249 g/mol. The van der Waals surface area contributed by atoms with Crippen molar-refractivity contribution in [2.75, 3.05) is 0 Å². The molecule has 0 fully saturated rings. The minimum Gasteiger partial charge on any atom is -0.245 e. The van der Waals surface area contributed by atoms with Gasteiger partial charge >= 0.3 is 0 Å². The summed E-state index contributed by atoms with van der Waals surface area (Å²) in [6.45, 7) is 2.15. The first-order valence-corrected chi connectivity index (χ1v) is 7.47. The van der Waals surface area contributed by atoms with Gasteiger partial charge in [0.25, 0.3) is 0 Å². The van der Waals surface area contributed by atoms with Crippen LogP contribution in [-0.2, 0) is 17.9 Å². The van der Waals surface area contributed by atoms with Gasteiger partial charge in [0.15, 0.2) is 0 Å². The predicted octanol–water partition coefficient (Wildman–Crippen LogP) is 4.14. The molecule has 0 N–H and O–H groups in total. The highest BCUT2D eigenvalue weighted by Crippen LogP contribution is 2.19. The lowest BCUT2D eigenvalue weighted by atomic mass is 10.2. The molecule has 0 aliphatic rings. The Morgan fingerprint density at radius 3 is 2.69 bits per heavy atom. The summed E-state index contributed by atoms with van der Waals surface area (Å²) in [5, 5.41) is 3.42. The molecule has 1 nitrogen and oxygen atoms in total. The highest BCUT2D eigenvalue weighted by molar-refractivity contribution is 7.97. The van der Waals surface area contributed by atoms with Crippen molar-refractivity contribution in [3.05, 3.63) is 52.0 Å². The fourth-order valence-corrected chi connectivity index (χ4v) is 3.16. The molecular formula is C13H15NS2. The van der Waals surface area contributed by atoms with E-state index in [0.29, 0.717) is 0 Å². The average molecular weight is 249 g/mol. The summed E-state index contributed by atoms with van der Waals surface area (Å²) in [6, 6.07) is 10.6. The molecule has 0 aliphatic carbocycles. The molecule has 0 aliphatic heterocycles. The Hall–Kier alpha value is -0.800. The minimum atomic E-state index is 1.02. The molecule has 0 amide bonds. The fraction of sp³-hybridized carbons (Fsp3) is 0.308. The highest BCUT2D eigenvalue weighted by Gasteiger charge is 2.00. The summed E-state index contributed by atoms with van der Waals surface area (Å²) in [4.78, 5) is 4.56. The molecule has 0 unspecified atom stereocenters. The second-order valence-electron chi connectivity index (χ2n) is 3.56. The van der Waals surface area contributed by atoms with Crippen LogP contribution in [0.1, 0.15) is 23.2 Å². The zero-order valence-corrected chi connectivity index (χ0v) is 11.0. The number of thioether (sulfide) groups is 1. The van der Waals surface area contributed by atoms with Crippen LogP contribution < -0.4 is 0 Å². The number of thiazole rings is 1. The van der Waals surface area contributed by atoms with Crippen molar-refractivity contribution in [1.82, 2.24) is 4.98 Å². The van der Waals surface area contributed by atoms with E-state index in [0.717, 1.165) is 17.9 Å². The lowest BCUT2D eigenvalue weighted by Gasteiger charge is -1.99. The maximum atomic E-state index is 4.56. The first-order valence-electron chi connectivity index (χ1n) is 5.43. The van der Waals surface area contributed by atoms with Crippen molar-refractivity contribution in [1.29, 1.82) is 0 Å². The molecular weight excluding hydrogens is 234 g/mol. The van der Waals surface area contributed by atoms with Crippen LogP contribution >= 0.6 is 23.1 Å². The van der Waals surface area contributed by atoms with E-state index in [9.17, 15) is 0 Å². The van der Waals surface area contributed by atoms with Crippen LogP contribution in [0.3, 0.4) is 0 Å². The normalized spacial score (nSPS) is 10.6. The van der Waals surface area contributed by atoms with E-state index in [-0.39, 0.29) is 0 Å². The van der Waals surface area contributed by atoms with Crippen LogP contribution in [0.25, 0.3) is 0 Å². The Morgan fingerprint density at radius 1 is 1.19 bits per heavy atom. The Balaban J connectivity index is 1.80. The summed E-state index contributed by atoms with van der Waals surface area (Å²) in [5.41, 5.74) is 2.61. The number of aromatic nitrogens is 1. The summed E-state index contributed by atoms with van der Waals surface area (Å²) in [7, 11) is 0. The van der Waals surface area contributed by atoms with Crippen molar-refractivity contribution >= 4 is 23.1 Å². The Kier molecular flexibility index (Phi) is 4.43. The van der Waals surface area contributed by atoms with Gasteiger partial charge in [0.1, 0.15) is 0 Å². The lowest BCUT2D eigenvalue weighted by molar-refractivity contribution is 1.06. The lowest BCUT2D eigenvalue weighted by Crippen LogP contribution is -1.84. The third-order valence-corrected chi connectivity index (χ3v) is 4.34. The second-order valence-corrected chi connectivity index (χ2v) is 5.49. The van der Waals surface area contributed by atoms with E-state index < -0.39 is 0 Å². The van der Waals surface area contributed by atoms with Gasteiger partial charge in [-0.15, -0.1) is 11.3 Å². The van der Waals surface area contributed by atoms with E-state index in [1.165, 1.54) is 16.3 Å². The molecule has 84 valence electrons. The minimum absolute atomic E-state index is 1.02. The Labute approximate surface area is 105 Å². The van der Waals surface area contributed by atoms with Crippen LogP contribution in [0.2, 0.25) is 0 Å². The van der Waals surface area contributed by atoms with Crippen molar-refractivity contribution < 1.29 is 0 Å². The number of nitrogens with zero attached hydrogens (tertiary/aromatic N) is 1. The zero-order valence-electron chi connectivity index (χ0n) is 9.35. The van der Waals surface area contributed by atoms with Gasteiger partial charge in [-0.3, -0.25) is 0 Å². The van der Waals surface area contributed by atoms with Gasteiger partial charge in [-0.2, -0.15) is 11.8 Å². The van der Waals surface area contributed by atoms with Crippen LogP contribution in [0, 0.1) is 0 Å². The van der Waals surface area contributed by atoms with Gasteiger partial charge in [0.2, 0.25) is 0 Å². The zero-order chi connectivity index (χ0) is 11.2. The Morgan fingerprint density at radius 2 is 2.00 bits per heavy atom. The van der Waals surface area contributed by atoms with Crippen LogP contribution in [0.15, 0.2) is 35.7 Å². The summed E-state index contributed by atoms with van der Waals surface area (Å²) < 4.78 is 0. The molecule has 2 rings (SSSR count). The number of hydrogen-bond acceptors (Lipinski definition) is 3.